The van der Waals surface area contributed by atoms with Crippen molar-refractivity contribution in [2.24, 2.45) is 0 Å². The van der Waals surface area contributed by atoms with Crippen LogP contribution in [0.3, 0.4) is 0 Å². The van der Waals surface area contributed by atoms with Gasteiger partial charge >= 0.3 is 0 Å². The fourth-order valence-corrected chi connectivity index (χ4v) is 2.29. The van der Waals surface area contributed by atoms with Crippen molar-refractivity contribution in [1.82, 2.24) is 15.0 Å². The fourth-order valence-electron chi connectivity index (χ4n) is 1.56. The first-order valence-electron chi connectivity index (χ1n) is 4.49. The van der Waals surface area contributed by atoms with Crippen molar-refractivity contribution in [3.05, 3.63) is 29.8 Å². The molecule has 0 amide bonds. The summed E-state index contributed by atoms with van der Waals surface area (Å²) in [5.74, 6) is 0.299. The number of nitrogen functional groups attached to an aromatic ring is 1. The van der Waals surface area contributed by atoms with Crippen LogP contribution in [0.1, 0.15) is 0 Å². The number of nitrogens with one attached hydrogen (secondary N) is 1. The van der Waals surface area contributed by atoms with E-state index in [0.29, 0.717) is 5.95 Å². The molecule has 0 fully saturated rings. The highest BCUT2D eigenvalue weighted by Crippen LogP contribution is 2.29. The Morgan fingerprint density at radius 1 is 1.27 bits per heavy atom. The van der Waals surface area contributed by atoms with Gasteiger partial charge in [0, 0.05) is 11.6 Å². The second-order valence-electron chi connectivity index (χ2n) is 3.15. The second kappa shape index (κ2) is 3.06. The van der Waals surface area contributed by atoms with Gasteiger partial charge in [-0.1, -0.05) is 6.07 Å². The van der Waals surface area contributed by atoms with Crippen LogP contribution >= 0.6 is 11.3 Å². The van der Waals surface area contributed by atoms with Gasteiger partial charge in [0.25, 0.3) is 0 Å². The highest BCUT2D eigenvalue weighted by molar-refractivity contribution is 7.13. The Balaban J connectivity index is 2.38. The number of rotatable bonds is 1. The summed E-state index contributed by atoms with van der Waals surface area (Å²) in [7, 11) is 0. The van der Waals surface area contributed by atoms with E-state index in [2.05, 4.69) is 15.0 Å². The molecule has 5 heteroatoms. The van der Waals surface area contributed by atoms with Crippen molar-refractivity contribution in [2.45, 2.75) is 0 Å². The molecule has 0 atom stereocenters. The molecule has 0 aliphatic heterocycles. The van der Waals surface area contributed by atoms with Crippen molar-refractivity contribution in [1.29, 1.82) is 0 Å². The normalized spacial score (nSPS) is 10.9. The standard InChI is InChI=1S/C10H8N4S/c11-10-13-8(7-2-1-5-15-7)6-3-4-12-9(6)14-10/h1-5H,(H3,11,12,13,14). The molecule has 0 saturated heterocycles. The number of nitrogens with zero attached hydrogens (tertiary/aromatic N) is 2. The van der Waals surface area contributed by atoms with Crippen LogP contribution in [0.4, 0.5) is 5.95 Å². The minimum Gasteiger partial charge on any atom is -0.368 e. The molecular formula is C10H8N4S. The van der Waals surface area contributed by atoms with Crippen molar-refractivity contribution in [3.8, 4) is 10.6 Å². The lowest BCUT2D eigenvalue weighted by Gasteiger charge is -2.00. The van der Waals surface area contributed by atoms with Crippen molar-refractivity contribution in [3.63, 3.8) is 0 Å². The number of nitrogens with two attached hydrogens (primary N) is 1. The number of aromatic nitrogens is 3. The van der Waals surface area contributed by atoms with Gasteiger partial charge in [0.05, 0.1) is 10.6 Å². The third-order valence-electron chi connectivity index (χ3n) is 2.19. The SMILES string of the molecule is Nc1nc(-c2cccs2)c2cc[nH]c2n1. The lowest BCUT2D eigenvalue weighted by atomic mass is 10.2. The summed E-state index contributed by atoms with van der Waals surface area (Å²) in [6.45, 7) is 0. The Morgan fingerprint density at radius 2 is 2.20 bits per heavy atom. The minimum atomic E-state index is 0.299. The lowest BCUT2D eigenvalue weighted by molar-refractivity contribution is 1.22. The number of anilines is 1. The maximum atomic E-state index is 5.65. The largest absolute Gasteiger partial charge is 0.368 e. The van der Waals surface area contributed by atoms with E-state index in [9.17, 15) is 0 Å². The lowest BCUT2D eigenvalue weighted by Crippen LogP contribution is -1.96. The number of H-pyrrole nitrogens is 1. The van der Waals surface area contributed by atoms with Gasteiger partial charge in [0.2, 0.25) is 5.95 Å². The quantitative estimate of drug-likeness (QED) is 0.655. The van der Waals surface area contributed by atoms with Gasteiger partial charge < -0.3 is 10.7 Å². The summed E-state index contributed by atoms with van der Waals surface area (Å²) < 4.78 is 0. The summed E-state index contributed by atoms with van der Waals surface area (Å²) in [5, 5.41) is 3.03. The van der Waals surface area contributed by atoms with Crippen LogP contribution in [0, 0.1) is 0 Å². The van der Waals surface area contributed by atoms with Gasteiger partial charge in [-0.05, 0) is 17.5 Å². The fraction of sp³-hybridized carbons (Fsp3) is 0. The van der Waals surface area contributed by atoms with Gasteiger partial charge in [-0.15, -0.1) is 11.3 Å². The maximum absolute atomic E-state index is 5.65. The predicted octanol–water partition coefficient (Wildman–Crippen LogP) is 2.27. The van der Waals surface area contributed by atoms with Crippen LogP contribution in [-0.2, 0) is 0 Å². The van der Waals surface area contributed by atoms with E-state index in [1.807, 2.05) is 29.8 Å². The van der Waals surface area contributed by atoms with E-state index >= 15 is 0 Å². The number of thiophene rings is 1. The van der Waals surface area contributed by atoms with E-state index in [0.717, 1.165) is 21.6 Å². The molecule has 0 unspecified atom stereocenters. The molecule has 4 nitrogen and oxygen atoms in total. The molecule has 0 aliphatic carbocycles. The average Bonchev–Trinajstić information content (AvgIpc) is 2.86. The van der Waals surface area contributed by atoms with Gasteiger partial charge in [-0.3, -0.25) is 0 Å². The Kier molecular flexibility index (Phi) is 1.72. The molecule has 3 aromatic heterocycles. The Labute approximate surface area is 89.8 Å². The molecule has 0 aromatic carbocycles. The summed E-state index contributed by atoms with van der Waals surface area (Å²) in [6, 6.07) is 5.99. The minimum absolute atomic E-state index is 0.299. The molecule has 15 heavy (non-hydrogen) atoms. The zero-order chi connectivity index (χ0) is 10.3. The smallest absolute Gasteiger partial charge is 0.222 e. The molecule has 0 radical (unpaired) electrons. The summed E-state index contributed by atoms with van der Waals surface area (Å²) in [6.07, 6.45) is 1.84. The Hall–Kier alpha value is -1.88. The Morgan fingerprint density at radius 3 is 3.00 bits per heavy atom. The number of hydrogen-bond acceptors (Lipinski definition) is 4. The van der Waals surface area contributed by atoms with Gasteiger partial charge in [-0.25, -0.2) is 4.98 Å². The van der Waals surface area contributed by atoms with Crippen LogP contribution in [0.2, 0.25) is 0 Å². The van der Waals surface area contributed by atoms with Crippen LogP contribution in [0.5, 0.6) is 0 Å². The molecular weight excluding hydrogens is 208 g/mol. The molecule has 3 aromatic rings. The molecule has 3 heterocycles. The van der Waals surface area contributed by atoms with E-state index < -0.39 is 0 Å². The van der Waals surface area contributed by atoms with Crippen LogP contribution in [0.25, 0.3) is 21.6 Å². The van der Waals surface area contributed by atoms with Crippen LogP contribution in [0.15, 0.2) is 29.8 Å². The van der Waals surface area contributed by atoms with E-state index in [1.165, 1.54) is 0 Å². The van der Waals surface area contributed by atoms with Crippen molar-refractivity contribution < 1.29 is 0 Å². The third-order valence-corrected chi connectivity index (χ3v) is 3.06. The molecule has 0 spiro atoms. The molecule has 0 bridgehead atoms. The zero-order valence-electron chi connectivity index (χ0n) is 7.77. The molecule has 0 aliphatic rings. The molecule has 0 saturated carbocycles. The first-order valence-corrected chi connectivity index (χ1v) is 5.37. The first-order chi connectivity index (χ1) is 7.34. The van der Waals surface area contributed by atoms with Gasteiger partial charge in [0.1, 0.15) is 5.65 Å². The topological polar surface area (TPSA) is 67.6 Å². The zero-order valence-corrected chi connectivity index (χ0v) is 8.58. The average molecular weight is 216 g/mol. The first kappa shape index (κ1) is 8.43. The predicted molar refractivity (Wildman–Crippen MR) is 61.6 cm³/mol. The van der Waals surface area contributed by atoms with E-state index in [-0.39, 0.29) is 0 Å². The summed E-state index contributed by atoms with van der Waals surface area (Å²) in [5.41, 5.74) is 7.33. The summed E-state index contributed by atoms with van der Waals surface area (Å²) >= 11 is 1.64. The van der Waals surface area contributed by atoms with Gasteiger partial charge in [0.15, 0.2) is 0 Å². The highest BCUT2D eigenvalue weighted by Gasteiger charge is 2.09. The number of aromatic amines is 1. The second-order valence-corrected chi connectivity index (χ2v) is 4.10. The van der Waals surface area contributed by atoms with Crippen molar-refractivity contribution in [2.75, 3.05) is 5.73 Å². The molecule has 3 N–H and O–H groups in total. The van der Waals surface area contributed by atoms with Crippen LogP contribution < -0.4 is 5.73 Å². The van der Waals surface area contributed by atoms with Crippen LogP contribution in [-0.4, -0.2) is 15.0 Å². The number of hydrogen-bond donors (Lipinski definition) is 2. The highest BCUT2D eigenvalue weighted by atomic mass is 32.1. The molecule has 74 valence electrons. The summed E-state index contributed by atoms with van der Waals surface area (Å²) in [4.78, 5) is 12.5. The maximum Gasteiger partial charge on any atom is 0.222 e. The third kappa shape index (κ3) is 1.28. The van der Waals surface area contributed by atoms with Crippen molar-refractivity contribution >= 4 is 28.3 Å². The molecule has 3 rings (SSSR count). The van der Waals surface area contributed by atoms with E-state index in [4.69, 9.17) is 5.73 Å². The van der Waals surface area contributed by atoms with E-state index in [1.54, 1.807) is 11.3 Å². The van der Waals surface area contributed by atoms with Gasteiger partial charge in [-0.2, -0.15) is 4.98 Å². The monoisotopic (exact) mass is 216 g/mol. The Bertz CT molecular complexity index is 597. The number of fused-ring (bicyclic) bond motifs is 1.